The maximum absolute atomic E-state index is 10.9. The Bertz CT molecular complexity index is 619. The van der Waals surface area contributed by atoms with Gasteiger partial charge in [-0.3, -0.25) is 4.79 Å². The van der Waals surface area contributed by atoms with Crippen LogP contribution < -0.4 is 0 Å². The number of carbonyl (C=O) groups is 1. The third-order valence-electron chi connectivity index (χ3n) is 3.18. The molecule has 20 heavy (non-hydrogen) atoms. The van der Waals surface area contributed by atoms with Crippen LogP contribution in [0, 0.1) is 6.92 Å². The molecule has 0 saturated heterocycles. The molecule has 4 nitrogen and oxygen atoms in total. The summed E-state index contributed by atoms with van der Waals surface area (Å²) in [5, 5.41) is 8.97. The van der Waals surface area contributed by atoms with Gasteiger partial charge in [0.05, 0.1) is 12.1 Å². The maximum atomic E-state index is 10.9. The fourth-order valence-corrected chi connectivity index (χ4v) is 2.06. The number of carboxylic acid groups (broad SMARTS) is 1. The molecule has 0 bridgehead atoms. The largest absolute Gasteiger partial charge is 0.481 e. The molecule has 0 atom stereocenters. The molecule has 1 aromatic carbocycles. The van der Waals surface area contributed by atoms with Crippen LogP contribution in [0.1, 0.15) is 36.7 Å². The van der Waals surface area contributed by atoms with E-state index in [0.29, 0.717) is 23.0 Å². The SMILES string of the molecule is Cc1ncc(CC(=O)O)c(-c2ccc(C(C)C)cc2)n1. The van der Waals surface area contributed by atoms with Crippen molar-refractivity contribution in [2.24, 2.45) is 0 Å². The Balaban J connectivity index is 2.44. The quantitative estimate of drug-likeness (QED) is 0.926. The molecular weight excluding hydrogens is 252 g/mol. The zero-order valence-corrected chi connectivity index (χ0v) is 11.9. The fraction of sp³-hybridized carbons (Fsp3) is 0.312. The van der Waals surface area contributed by atoms with Crippen LogP contribution in [0.15, 0.2) is 30.5 Å². The van der Waals surface area contributed by atoms with Gasteiger partial charge in [-0.1, -0.05) is 38.1 Å². The Morgan fingerprint density at radius 1 is 1.25 bits per heavy atom. The van der Waals surface area contributed by atoms with Crippen molar-refractivity contribution < 1.29 is 9.90 Å². The maximum Gasteiger partial charge on any atom is 0.307 e. The lowest BCUT2D eigenvalue weighted by Crippen LogP contribution is -2.05. The number of aliphatic carboxylic acids is 1. The Labute approximate surface area is 118 Å². The van der Waals surface area contributed by atoms with Gasteiger partial charge in [-0.15, -0.1) is 0 Å². The number of aromatic nitrogens is 2. The van der Waals surface area contributed by atoms with E-state index in [1.165, 1.54) is 5.56 Å². The van der Waals surface area contributed by atoms with E-state index in [1.54, 1.807) is 13.1 Å². The highest BCUT2D eigenvalue weighted by Gasteiger charge is 2.12. The zero-order chi connectivity index (χ0) is 14.7. The first-order valence-electron chi connectivity index (χ1n) is 6.62. The van der Waals surface area contributed by atoms with Crippen molar-refractivity contribution in [3.8, 4) is 11.3 Å². The van der Waals surface area contributed by atoms with Crippen LogP contribution in [-0.4, -0.2) is 21.0 Å². The van der Waals surface area contributed by atoms with Gasteiger partial charge in [0.15, 0.2) is 0 Å². The summed E-state index contributed by atoms with van der Waals surface area (Å²) in [5.74, 6) is 0.231. The fourth-order valence-electron chi connectivity index (χ4n) is 2.06. The van der Waals surface area contributed by atoms with E-state index >= 15 is 0 Å². The van der Waals surface area contributed by atoms with E-state index in [9.17, 15) is 4.79 Å². The number of hydrogen-bond acceptors (Lipinski definition) is 3. The summed E-state index contributed by atoms with van der Waals surface area (Å²) in [6.45, 7) is 6.08. The van der Waals surface area contributed by atoms with Gasteiger partial charge in [0.25, 0.3) is 0 Å². The summed E-state index contributed by atoms with van der Waals surface area (Å²) in [4.78, 5) is 19.4. The smallest absolute Gasteiger partial charge is 0.307 e. The molecule has 0 aliphatic heterocycles. The highest BCUT2D eigenvalue weighted by molar-refractivity contribution is 5.74. The normalized spacial score (nSPS) is 10.8. The Morgan fingerprint density at radius 3 is 2.45 bits per heavy atom. The molecule has 2 aromatic rings. The summed E-state index contributed by atoms with van der Waals surface area (Å²) in [5.41, 5.74) is 3.52. The first-order chi connectivity index (χ1) is 9.47. The third-order valence-corrected chi connectivity index (χ3v) is 3.18. The van der Waals surface area contributed by atoms with Crippen LogP contribution >= 0.6 is 0 Å². The van der Waals surface area contributed by atoms with Crippen LogP contribution in [0.3, 0.4) is 0 Å². The van der Waals surface area contributed by atoms with E-state index in [2.05, 4.69) is 35.9 Å². The predicted octanol–water partition coefficient (Wildman–Crippen LogP) is 3.20. The predicted molar refractivity (Wildman–Crippen MR) is 77.6 cm³/mol. The van der Waals surface area contributed by atoms with E-state index in [0.717, 1.165) is 5.56 Å². The second-order valence-electron chi connectivity index (χ2n) is 5.14. The third kappa shape index (κ3) is 3.20. The first kappa shape index (κ1) is 14.2. The molecule has 0 saturated carbocycles. The number of carboxylic acids is 1. The lowest BCUT2D eigenvalue weighted by atomic mass is 9.99. The second kappa shape index (κ2) is 5.82. The first-order valence-corrected chi connectivity index (χ1v) is 6.62. The van der Waals surface area contributed by atoms with Crippen molar-refractivity contribution in [1.82, 2.24) is 9.97 Å². The van der Waals surface area contributed by atoms with Crippen molar-refractivity contribution in [2.45, 2.75) is 33.1 Å². The van der Waals surface area contributed by atoms with E-state index in [-0.39, 0.29) is 6.42 Å². The average Bonchev–Trinajstić information content (AvgIpc) is 2.40. The highest BCUT2D eigenvalue weighted by Crippen LogP contribution is 2.24. The van der Waals surface area contributed by atoms with Crippen LogP contribution in [0.2, 0.25) is 0 Å². The van der Waals surface area contributed by atoms with Crippen molar-refractivity contribution in [3.63, 3.8) is 0 Å². The van der Waals surface area contributed by atoms with Gasteiger partial charge in [-0.05, 0) is 18.4 Å². The minimum Gasteiger partial charge on any atom is -0.481 e. The standard InChI is InChI=1S/C16H18N2O2/c1-10(2)12-4-6-13(7-5-12)16-14(8-15(19)20)9-17-11(3)18-16/h4-7,9-10H,8H2,1-3H3,(H,19,20). The summed E-state index contributed by atoms with van der Waals surface area (Å²) in [6.07, 6.45) is 1.53. The molecule has 0 unspecified atom stereocenters. The van der Waals surface area contributed by atoms with Gasteiger partial charge in [0.1, 0.15) is 5.82 Å². The molecular formula is C16H18N2O2. The van der Waals surface area contributed by atoms with Crippen LogP contribution in [0.5, 0.6) is 0 Å². The van der Waals surface area contributed by atoms with Crippen LogP contribution in [0.25, 0.3) is 11.3 Å². The molecule has 0 spiro atoms. The Hall–Kier alpha value is -2.23. The number of rotatable bonds is 4. The molecule has 1 aromatic heterocycles. The number of hydrogen-bond donors (Lipinski definition) is 1. The molecule has 0 amide bonds. The minimum atomic E-state index is -0.877. The Kier molecular flexibility index (Phi) is 4.13. The summed E-state index contributed by atoms with van der Waals surface area (Å²) < 4.78 is 0. The molecule has 104 valence electrons. The molecule has 4 heteroatoms. The lowest BCUT2D eigenvalue weighted by Gasteiger charge is -2.10. The van der Waals surface area contributed by atoms with Crippen molar-refractivity contribution in [1.29, 1.82) is 0 Å². The Morgan fingerprint density at radius 2 is 1.90 bits per heavy atom. The molecule has 1 N–H and O–H groups in total. The van der Waals surface area contributed by atoms with Gasteiger partial charge in [0, 0.05) is 17.3 Å². The zero-order valence-electron chi connectivity index (χ0n) is 11.9. The topological polar surface area (TPSA) is 63.1 Å². The van der Waals surface area contributed by atoms with Crippen LogP contribution in [-0.2, 0) is 11.2 Å². The van der Waals surface area contributed by atoms with Crippen molar-refractivity contribution >= 4 is 5.97 Å². The van der Waals surface area contributed by atoms with Gasteiger partial charge in [-0.2, -0.15) is 0 Å². The molecule has 2 rings (SSSR count). The van der Waals surface area contributed by atoms with E-state index in [4.69, 9.17) is 5.11 Å². The van der Waals surface area contributed by atoms with Gasteiger partial charge < -0.3 is 5.11 Å². The molecule has 1 heterocycles. The minimum absolute atomic E-state index is 0.0679. The van der Waals surface area contributed by atoms with Crippen LogP contribution in [0.4, 0.5) is 0 Å². The van der Waals surface area contributed by atoms with E-state index < -0.39 is 5.97 Å². The van der Waals surface area contributed by atoms with Gasteiger partial charge in [-0.25, -0.2) is 9.97 Å². The lowest BCUT2D eigenvalue weighted by molar-refractivity contribution is -0.136. The molecule has 0 fully saturated rings. The molecule has 0 aliphatic rings. The van der Waals surface area contributed by atoms with Crippen molar-refractivity contribution in [2.75, 3.05) is 0 Å². The second-order valence-corrected chi connectivity index (χ2v) is 5.14. The summed E-state index contributed by atoms with van der Waals surface area (Å²) >= 11 is 0. The number of nitrogens with zero attached hydrogens (tertiary/aromatic N) is 2. The van der Waals surface area contributed by atoms with Gasteiger partial charge >= 0.3 is 5.97 Å². The van der Waals surface area contributed by atoms with E-state index in [1.807, 2.05) is 12.1 Å². The highest BCUT2D eigenvalue weighted by atomic mass is 16.4. The molecule has 0 radical (unpaired) electrons. The monoisotopic (exact) mass is 270 g/mol. The van der Waals surface area contributed by atoms with Crippen molar-refractivity contribution in [3.05, 3.63) is 47.4 Å². The molecule has 0 aliphatic carbocycles. The van der Waals surface area contributed by atoms with Gasteiger partial charge in [0.2, 0.25) is 0 Å². The number of benzene rings is 1. The number of aryl methyl sites for hydroxylation is 1. The summed E-state index contributed by atoms with van der Waals surface area (Å²) in [6, 6.07) is 8.09. The average molecular weight is 270 g/mol. The summed E-state index contributed by atoms with van der Waals surface area (Å²) in [7, 11) is 0.